The van der Waals surface area contributed by atoms with Gasteiger partial charge in [-0.3, -0.25) is 0 Å². The maximum absolute atomic E-state index is 3.85. The smallest absolute Gasteiger partial charge is 0.328 e. The number of hydrogen-bond acceptors (Lipinski definition) is 1. The van der Waals surface area contributed by atoms with E-state index in [0.29, 0.717) is 0 Å². The number of aromatic nitrogens is 2. The van der Waals surface area contributed by atoms with Crippen LogP contribution in [0.3, 0.4) is 0 Å². The fourth-order valence-electron chi connectivity index (χ4n) is 0.820. The molecule has 1 aromatic carbocycles. The Hall–Kier alpha value is -0.310. The molecule has 0 fully saturated rings. The second-order valence-electron chi connectivity index (χ2n) is 1.87. The molecule has 0 bridgehead atoms. The Balaban J connectivity index is 0.000000500. The zero-order valence-corrected chi connectivity index (χ0v) is 7.76. The van der Waals surface area contributed by atoms with Gasteiger partial charge in [-0.05, 0) is 11.7 Å². The molecule has 2 rings (SSSR count). The van der Waals surface area contributed by atoms with Crippen LogP contribution in [0.4, 0.5) is 0 Å². The Morgan fingerprint density at radius 1 is 1.50 bits per heavy atom. The van der Waals surface area contributed by atoms with Gasteiger partial charge in [0.25, 0.3) is 0 Å². The van der Waals surface area contributed by atoms with Gasteiger partial charge in [-0.15, -0.1) is 29.7 Å². The molecule has 0 saturated heterocycles. The van der Waals surface area contributed by atoms with E-state index in [1.807, 2.05) is 18.2 Å². The van der Waals surface area contributed by atoms with Gasteiger partial charge in [0.15, 0.2) is 0 Å². The molecule has 0 aliphatic rings. The number of nitrogens with zero attached hydrogens (tertiary/aromatic N) is 1. The van der Waals surface area contributed by atoms with Crippen LogP contribution in [0.2, 0.25) is 0 Å². The van der Waals surface area contributed by atoms with Crippen LogP contribution in [0.5, 0.6) is 0 Å². The molecule has 0 unspecified atom stereocenters. The largest absolute Gasteiger partial charge is 1.00 e. The number of nitrogens with one attached hydrogen (secondary N) is 1. The third-order valence-electron chi connectivity index (χ3n) is 1.27. The molecule has 1 heterocycles. The van der Waals surface area contributed by atoms with E-state index in [2.05, 4.69) is 16.3 Å². The van der Waals surface area contributed by atoms with Crippen LogP contribution in [-0.4, -0.2) is 10.2 Å². The normalized spacial score (nSPS) is 9.20. The van der Waals surface area contributed by atoms with E-state index < -0.39 is 0 Å². The summed E-state index contributed by atoms with van der Waals surface area (Å²) in [6.07, 6.45) is 1.76. The topological polar surface area (TPSA) is 28.7 Å². The summed E-state index contributed by atoms with van der Waals surface area (Å²) in [5.74, 6) is 0. The van der Waals surface area contributed by atoms with E-state index in [4.69, 9.17) is 0 Å². The Morgan fingerprint density at radius 2 is 2.40 bits per heavy atom. The molecule has 2 aromatic rings. The van der Waals surface area contributed by atoms with Gasteiger partial charge in [-0.2, -0.15) is 0 Å². The van der Waals surface area contributed by atoms with Crippen molar-refractivity contribution in [1.29, 1.82) is 0 Å². The Kier molecular flexibility index (Phi) is 2.49. The number of aromatic amines is 1. The van der Waals surface area contributed by atoms with Gasteiger partial charge in [-0.1, -0.05) is 0 Å². The summed E-state index contributed by atoms with van der Waals surface area (Å²) in [5, 5.41) is 7.72. The zero-order valence-electron chi connectivity index (χ0n) is 5.76. The van der Waals surface area contributed by atoms with Gasteiger partial charge in [0.05, 0.1) is 0 Å². The minimum absolute atomic E-state index is 0. The van der Waals surface area contributed by atoms with Crippen LogP contribution < -0.4 is 29.6 Å². The van der Waals surface area contributed by atoms with E-state index in [-0.39, 0.29) is 29.6 Å². The standard InChI is InChI=1S/C7H5N2.Na/c1-2-4-7-6(3-1)5-8-9-7;/h1-2,4-5H,(H,8,9);/q-1;+1. The van der Waals surface area contributed by atoms with Crippen LogP contribution in [0.15, 0.2) is 24.4 Å². The second-order valence-corrected chi connectivity index (χ2v) is 1.87. The van der Waals surface area contributed by atoms with E-state index >= 15 is 0 Å². The van der Waals surface area contributed by atoms with Crippen molar-refractivity contribution in [3.8, 4) is 0 Å². The summed E-state index contributed by atoms with van der Waals surface area (Å²) < 4.78 is 0. The van der Waals surface area contributed by atoms with Crippen molar-refractivity contribution >= 4 is 10.9 Å². The molecule has 0 spiro atoms. The minimum Gasteiger partial charge on any atom is -0.328 e. The van der Waals surface area contributed by atoms with Gasteiger partial charge in [0, 0.05) is 0 Å². The summed E-state index contributed by atoms with van der Waals surface area (Å²) >= 11 is 0. The third kappa shape index (κ3) is 1.24. The number of H-pyrrole nitrogens is 1. The molecule has 3 heteroatoms. The molecule has 0 atom stereocenters. The zero-order chi connectivity index (χ0) is 6.10. The summed E-state index contributed by atoms with van der Waals surface area (Å²) in [5.41, 5.74) is 1.04. The summed E-state index contributed by atoms with van der Waals surface area (Å²) in [4.78, 5) is 0. The predicted molar refractivity (Wildman–Crippen MR) is 34.9 cm³/mol. The van der Waals surface area contributed by atoms with Gasteiger partial charge < -0.3 is 5.10 Å². The van der Waals surface area contributed by atoms with Crippen molar-refractivity contribution in [2.75, 3.05) is 0 Å². The van der Waals surface area contributed by atoms with Crippen molar-refractivity contribution in [1.82, 2.24) is 10.2 Å². The fourth-order valence-corrected chi connectivity index (χ4v) is 0.820. The van der Waals surface area contributed by atoms with Crippen molar-refractivity contribution in [3.05, 3.63) is 30.5 Å². The molecule has 1 aromatic heterocycles. The summed E-state index contributed by atoms with van der Waals surface area (Å²) in [6.45, 7) is 0. The minimum atomic E-state index is 0. The monoisotopic (exact) mass is 140 g/mol. The van der Waals surface area contributed by atoms with Crippen molar-refractivity contribution in [2.45, 2.75) is 0 Å². The van der Waals surface area contributed by atoms with Crippen molar-refractivity contribution in [3.63, 3.8) is 0 Å². The summed E-state index contributed by atoms with van der Waals surface area (Å²) in [6, 6.07) is 8.81. The van der Waals surface area contributed by atoms with E-state index in [9.17, 15) is 0 Å². The molecule has 10 heavy (non-hydrogen) atoms. The molecular formula is C7H5N2Na. The average molecular weight is 140 g/mol. The molecule has 0 aliphatic heterocycles. The maximum Gasteiger partial charge on any atom is 1.00 e. The van der Waals surface area contributed by atoms with Crippen LogP contribution in [0.1, 0.15) is 0 Å². The molecular weight excluding hydrogens is 135 g/mol. The molecule has 1 N–H and O–H groups in total. The van der Waals surface area contributed by atoms with Gasteiger partial charge >= 0.3 is 29.6 Å². The second kappa shape index (κ2) is 3.19. The first kappa shape index (κ1) is 7.79. The Morgan fingerprint density at radius 3 is 3.20 bits per heavy atom. The quantitative estimate of drug-likeness (QED) is 0.345. The third-order valence-corrected chi connectivity index (χ3v) is 1.27. The van der Waals surface area contributed by atoms with Crippen molar-refractivity contribution in [2.24, 2.45) is 0 Å². The van der Waals surface area contributed by atoms with Gasteiger partial charge in [-0.25, -0.2) is 5.10 Å². The molecule has 0 aliphatic carbocycles. The van der Waals surface area contributed by atoms with Gasteiger partial charge in [0.1, 0.15) is 0 Å². The van der Waals surface area contributed by atoms with Crippen LogP contribution >= 0.6 is 0 Å². The van der Waals surface area contributed by atoms with E-state index in [1.165, 1.54) is 0 Å². The molecule has 0 radical (unpaired) electrons. The number of fused-ring (bicyclic) bond motifs is 1. The molecule has 0 amide bonds. The van der Waals surface area contributed by atoms with E-state index in [1.54, 1.807) is 6.20 Å². The molecule has 2 nitrogen and oxygen atoms in total. The SMILES string of the molecule is [Na+].[c-]1cccc2[nH]ncc12. The van der Waals surface area contributed by atoms with Gasteiger partial charge in [0.2, 0.25) is 0 Å². The molecule has 0 saturated carbocycles. The first-order valence-corrected chi connectivity index (χ1v) is 2.76. The van der Waals surface area contributed by atoms with Crippen LogP contribution in [-0.2, 0) is 0 Å². The number of benzene rings is 1. The summed E-state index contributed by atoms with van der Waals surface area (Å²) in [7, 11) is 0. The average Bonchev–Trinajstić information content (AvgIpc) is 2.33. The van der Waals surface area contributed by atoms with Crippen molar-refractivity contribution < 1.29 is 29.6 Å². The first-order chi connectivity index (χ1) is 4.47. The Bertz CT molecular complexity index is 286. The van der Waals surface area contributed by atoms with Crippen LogP contribution in [0, 0.1) is 6.07 Å². The first-order valence-electron chi connectivity index (χ1n) is 2.76. The maximum atomic E-state index is 3.85. The van der Waals surface area contributed by atoms with E-state index in [0.717, 1.165) is 10.9 Å². The predicted octanol–water partition coefficient (Wildman–Crippen LogP) is -1.63. The fraction of sp³-hybridized carbons (Fsp3) is 0. The van der Waals surface area contributed by atoms with Crippen LogP contribution in [0.25, 0.3) is 10.9 Å². The number of hydrogen-bond donors (Lipinski definition) is 1. The number of rotatable bonds is 0. The molecule has 44 valence electrons. The Labute approximate surface area is 80.9 Å².